The largest absolute Gasteiger partial charge is 0.256 e. The molecular weight excluding hydrogens is 843 g/mol. The van der Waals surface area contributed by atoms with Crippen LogP contribution in [0.3, 0.4) is 0 Å². The summed E-state index contributed by atoms with van der Waals surface area (Å²) >= 11 is 0. The minimum Gasteiger partial charge on any atom is -0.256 e. The molecule has 0 radical (unpaired) electrons. The number of fused-ring (bicyclic) bond motifs is 8. The molecule has 0 aliphatic heterocycles. The molecule has 0 saturated heterocycles. The number of pyridine rings is 1. The Hall–Kier alpha value is -9.17. The molecule has 0 saturated carbocycles. The fourth-order valence-electron chi connectivity index (χ4n) is 11.7. The Bertz CT molecular complexity index is 4250. The van der Waals surface area contributed by atoms with Gasteiger partial charge in [0.1, 0.15) is 0 Å². The standard InChI is InChI=1S/C69H43N/c1-3-19-44(20-4-1)63-50-23-7-11-27-54(50)65(55-28-12-8-24-51(55)63)46-35-37-48(38-36-46)67-58-31-15-16-32-59(58)68(69-60-33-17-18-34-62(60)70-43-61(67)69)49-41-39-47(40-42-49)66-56-29-13-9-25-52(56)64(45-21-5-2-6-22-45)53-26-10-14-30-57(53)66/h1-43H. The lowest BCUT2D eigenvalue weighted by Gasteiger charge is -2.20. The van der Waals surface area contributed by atoms with Crippen molar-refractivity contribution in [3.05, 3.63) is 261 Å². The molecule has 13 aromatic carbocycles. The topological polar surface area (TPSA) is 12.9 Å². The van der Waals surface area contributed by atoms with Crippen molar-refractivity contribution in [1.29, 1.82) is 0 Å². The minimum absolute atomic E-state index is 0.985. The first kappa shape index (κ1) is 39.9. The molecule has 0 unspecified atom stereocenters. The molecule has 0 atom stereocenters. The Morgan fingerprint density at radius 2 is 0.400 bits per heavy atom. The van der Waals surface area contributed by atoms with Gasteiger partial charge < -0.3 is 0 Å². The molecule has 1 nitrogen and oxygen atoms in total. The third-order valence-corrected chi connectivity index (χ3v) is 14.7. The monoisotopic (exact) mass is 885 g/mol. The summed E-state index contributed by atoms with van der Waals surface area (Å²) in [6.07, 6.45) is 2.11. The lowest BCUT2D eigenvalue weighted by atomic mass is 9.83. The predicted molar refractivity (Wildman–Crippen MR) is 299 cm³/mol. The second kappa shape index (κ2) is 16.3. The first-order valence-electron chi connectivity index (χ1n) is 24.2. The third-order valence-electron chi connectivity index (χ3n) is 14.7. The fraction of sp³-hybridized carbons (Fsp3) is 0. The van der Waals surface area contributed by atoms with Crippen LogP contribution in [0.5, 0.6) is 0 Å². The summed E-state index contributed by atoms with van der Waals surface area (Å²) in [5, 5.41) is 16.0. The number of hydrogen-bond acceptors (Lipinski definition) is 1. The van der Waals surface area contributed by atoms with Crippen molar-refractivity contribution >= 4 is 75.5 Å². The molecule has 70 heavy (non-hydrogen) atoms. The molecule has 14 aromatic rings. The van der Waals surface area contributed by atoms with Crippen molar-refractivity contribution in [2.75, 3.05) is 0 Å². The Balaban J connectivity index is 0.958. The molecule has 1 heterocycles. The Morgan fingerprint density at radius 1 is 0.171 bits per heavy atom. The summed E-state index contributed by atoms with van der Waals surface area (Å²) in [6.45, 7) is 0. The zero-order valence-corrected chi connectivity index (χ0v) is 38.3. The van der Waals surface area contributed by atoms with Crippen LogP contribution in [0.4, 0.5) is 0 Å². The van der Waals surface area contributed by atoms with Gasteiger partial charge in [-0.3, -0.25) is 4.98 Å². The number of aromatic nitrogens is 1. The van der Waals surface area contributed by atoms with E-state index in [4.69, 9.17) is 4.98 Å². The zero-order chi connectivity index (χ0) is 46.1. The first-order valence-corrected chi connectivity index (χ1v) is 24.2. The Labute approximate surface area is 406 Å². The molecule has 1 aromatic heterocycles. The van der Waals surface area contributed by atoms with E-state index in [-0.39, 0.29) is 0 Å². The second-order valence-corrected chi connectivity index (χ2v) is 18.4. The van der Waals surface area contributed by atoms with Crippen molar-refractivity contribution < 1.29 is 0 Å². The average Bonchev–Trinajstić information content (AvgIpc) is 3.43. The van der Waals surface area contributed by atoms with Gasteiger partial charge in [0.15, 0.2) is 0 Å². The molecule has 1 heteroatoms. The lowest BCUT2D eigenvalue weighted by molar-refractivity contribution is 1.45. The van der Waals surface area contributed by atoms with Crippen LogP contribution in [-0.2, 0) is 0 Å². The normalized spacial score (nSPS) is 11.7. The van der Waals surface area contributed by atoms with Gasteiger partial charge in [0.2, 0.25) is 0 Å². The van der Waals surface area contributed by atoms with Gasteiger partial charge in [-0.1, -0.05) is 249 Å². The molecule has 0 fully saturated rings. The van der Waals surface area contributed by atoms with Gasteiger partial charge in [0.05, 0.1) is 5.52 Å². The molecule has 0 amide bonds. The van der Waals surface area contributed by atoms with E-state index in [1.807, 2.05) is 0 Å². The summed E-state index contributed by atoms with van der Waals surface area (Å²) in [6, 6.07) is 93.5. The minimum atomic E-state index is 0.985. The van der Waals surface area contributed by atoms with E-state index in [0.29, 0.717) is 0 Å². The van der Waals surface area contributed by atoms with Crippen LogP contribution in [0.1, 0.15) is 0 Å². The molecule has 0 N–H and O–H groups in total. The van der Waals surface area contributed by atoms with Crippen LogP contribution < -0.4 is 0 Å². The van der Waals surface area contributed by atoms with Gasteiger partial charge in [-0.05, 0) is 127 Å². The SMILES string of the molecule is c1ccc(-c2c3ccccc3c(-c3ccc(-c4c5ccccc5c(-c5ccc(-c6c7ccccc7c(-c7ccccc7)c7ccccc67)cc5)c5c4cnc4ccccc45)cc3)c3ccccc23)cc1. The summed E-state index contributed by atoms with van der Waals surface area (Å²) in [5.41, 5.74) is 15.7. The number of nitrogens with zero attached hydrogens (tertiary/aromatic N) is 1. The van der Waals surface area contributed by atoms with Crippen molar-refractivity contribution in [1.82, 2.24) is 4.98 Å². The van der Waals surface area contributed by atoms with E-state index in [9.17, 15) is 0 Å². The third kappa shape index (κ3) is 6.22. The maximum absolute atomic E-state index is 5.14. The van der Waals surface area contributed by atoms with Crippen molar-refractivity contribution in [2.45, 2.75) is 0 Å². The summed E-state index contributed by atoms with van der Waals surface area (Å²) in [4.78, 5) is 5.14. The van der Waals surface area contributed by atoms with Crippen molar-refractivity contribution in [2.24, 2.45) is 0 Å². The Kier molecular flexibility index (Phi) is 9.28. The van der Waals surface area contributed by atoms with Gasteiger partial charge in [-0.25, -0.2) is 0 Å². The predicted octanol–water partition coefficient (Wildman–Crippen LogP) is 19.2. The maximum Gasteiger partial charge on any atom is 0.0708 e. The highest BCUT2D eigenvalue weighted by Gasteiger charge is 2.22. The van der Waals surface area contributed by atoms with E-state index in [0.717, 1.165) is 21.9 Å². The highest BCUT2D eigenvalue weighted by Crippen LogP contribution is 2.49. The van der Waals surface area contributed by atoms with Gasteiger partial charge in [-0.2, -0.15) is 0 Å². The zero-order valence-electron chi connectivity index (χ0n) is 38.3. The van der Waals surface area contributed by atoms with Crippen molar-refractivity contribution in [3.63, 3.8) is 0 Å². The first-order chi connectivity index (χ1) is 34.8. The number of benzene rings is 13. The highest BCUT2D eigenvalue weighted by atomic mass is 14.7. The van der Waals surface area contributed by atoms with E-state index in [1.165, 1.54) is 120 Å². The number of para-hydroxylation sites is 1. The van der Waals surface area contributed by atoms with Crippen LogP contribution in [0, 0.1) is 0 Å². The van der Waals surface area contributed by atoms with Crippen LogP contribution in [0.25, 0.3) is 142 Å². The summed E-state index contributed by atoms with van der Waals surface area (Å²) in [7, 11) is 0. The number of rotatable bonds is 6. The van der Waals surface area contributed by atoms with Crippen LogP contribution in [0.2, 0.25) is 0 Å². The Morgan fingerprint density at radius 3 is 0.729 bits per heavy atom. The molecule has 0 spiro atoms. The second-order valence-electron chi connectivity index (χ2n) is 18.4. The highest BCUT2D eigenvalue weighted by molar-refractivity contribution is 6.28. The van der Waals surface area contributed by atoms with E-state index in [1.54, 1.807) is 0 Å². The molecule has 0 aliphatic carbocycles. The molecule has 0 aliphatic rings. The van der Waals surface area contributed by atoms with E-state index < -0.39 is 0 Å². The number of hydrogen-bond donors (Lipinski definition) is 0. The van der Waals surface area contributed by atoms with E-state index in [2.05, 4.69) is 261 Å². The molecular formula is C69H43N. The van der Waals surface area contributed by atoms with Gasteiger partial charge >= 0.3 is 0 Å². The van der Waals surface area contributed by atoms with Gasteiger partial charge in [-0.15, -0.1) is 0 Å². The van der Waals surface area contributed by atoms with Crippen molar-refractivity contribution in [3.8, 4) is 66.8 Å². The molecule has 14 rings (SSSR count). The molecule has 0 bridgehead atoms. The summed E-state index contributed by atoms with van der Waals surface area (Å²) in [5.74, 6) is 0. The smallest absolute Gasteiger partial charge is 0.0708 e. The van der Waals surface area contributed by atoms with Gasteiger partial charge in [0, 0.05) is 22.4 Å². The summed E-state index contributed by atoms with van der Waals surface area (Å²) < 4.78 is 0. The molecule has 324 valence electrons. The lowest BCUT2D eigenvalue weighted by Crippen LogP contribution is -1.94. The van der Waals surface area contributed by atoms with Crippen LogP contribution in [0.15, 0.2) is 261 Å². The maximum atomic E-state index is 5.14. The van der Waals surface area contributed by atoms with E-state index >= 15 is 0 Å². The van der Waals surface area contributed by atoms with Crippen LogP contribution in [-0.4, -0.2) is 4.98 Å². The average molecular weight is 886 g/mol. The quantitative estimate of drug-likeness (QED) is 0.120. The van der Waals surface area contributed by atoms with Crippen LogP contribution >= 0.6 is 0 Å². The van der Waals surface area contributed by atoms with Gasteiger partial charge in [0.25, 0.3) is 0 Å². The fourth-order valence-corrected chi connectivity index (χ4v) is 11.7.